The number of halogens is 1. The molecule has 1 fully saturated rings. The van der Waals surface area contributed by atoms with Gasteiger partial charge in [-0.2, -0.15) is 0 Å². The van der Waals surface area contributed by atoms with E-state index >= 15 is 0 Å². The molecule has 192 valence electrons. The minimum Gasteiger partial charge on any atom is -0.748 e. The van der Waals surface area contributed by atoms with Gasteiger partial charge in [-0.05, 0) is 10.9 Å². The number of alkyl halides is 1. The van der Waals surface area contributed by atoms with E-state index in [1.807, 2.05) is 6.26 Å². The second-order valence-electron chi connectivity index (χ2n) is 7.47. The Hall–Kier alpha value is -1.60. The smallest absolute Gasteiger partial charge is 0.320 e. The number of nitrogen functional groups attached to an aromatic ring is 1. The van der Waals surface area contributed by atoms with Crippen molar-refractivity contribution < 1.29 is 37.8 Å². The third-order valence-corrected chi connectivity index (χ3v) is 8.32. The van der Waals surface area contributed by atoms with Crippen LogP contribution < -0.4 is 11.5 Å². The zero-order chi connectivity index (χ0) is 25.6. The van der Waals surface area contributed by atoms with Crippen LogP contribution in [0.25, 0.3) is 11.2 Å². The Balaban J connectivity index is 0.000000509. The normalized spacial score (nSPS) is 24.4. The van der Waals surface area contributed by atoms with Crippen LogP contribution in [-0.4, -0.2) is 107 Å². The predicted molar refractivity (Wildman–Crippen MR) is 127 cm³/mol. The second-order valence-corrected chi connectivity index (χ2v) is 12.1. The summed E-state index contributed by atoms with van der Waals surface area (Å²) in [6.45, 7) is 0. The van der Waals surface area contributed by atoms with Crippen LogP contribution in [0.1, 0.15) is 12.6 Å². The summed E-state index contributed by atoms with van der Waals surface area (Å²) in [4.78, 5) is 23.0. The summed E-state index contributed by atoms with van der Waals surface area (Å²) in [7, 11) is -4.21. The van der Waals surface area contributed by atoms with E-state index in [9.17, 15) is 28.0 Å². The molecule has 0 saturated carbocycles. The predicted octanol–water partition coefficient (Wildman–Crippen LogP) is -2.00. The Morgan fingerprint density at radius 3 is 2.59 bits per heavy atom. The number of imidazole rings is 1. The van der Waals surface area contributed by atoms with Crippen molar-refractivity contribution in [2.45, 2.75) is 37.0 Å². The number of hydrogen-bond acceptors (Lipinski definition) is 12. The molecule has 17 heteroatoms. The van der Waals surface area contributed by atoms with Crippen LogP contribution in [0.4, 0.5) is 5.82 Å². The van der Waals surface area contributed by atoms with Gasteiger partial charge in [0.25, 0.3) is 0 Å². The molecule has 1 unspecified atom stereocenters. The Kier molecular flexibility index (Phi) is 10.4. The molecule has 0 spiro atoms. The van der Waals surface area contributed by atoms with E-state index in [4.69, 9.17) is 21.3 Å². The van der Waals surface area contributed by atoms with Crippen molar-refractivity contribution in [3.63, 3.8) is 0 Å². The molecule has 7 N–H and O–H groups in total. The van der Waals surface area contributed by atoms with Gasteiger partial charge in [-0.3, -0.25) is 9.36 Å². The number of hydrogen-bond donors (Lipinski definition) is 5. The molecular weight excluding hydrogens is 560 g/mol. The van der Waals surface area contributed by atoms with E-state index in [0.29, 0.717) is 29.1 Å². The Labute approximate surface area is 206 Å². The highest BCUT2D eigenvalue weighted by Gasteiger charge is 2.46. The number of fused-ring (bicyclic) bond motifs is 1. The van der Waals surface area contributed by atoms with Gasteiger partial charge in [-0.25, -0.2) is 23.4 Å². The lowest BCUT2D eigenvalue weighted by atomic mass is 10.1. The van der Waals surface area contributed by atoms with E-state index in [1.165, 1.54) is 17.2 Å². The molecule has 34 heavy (non-hydrogen) atoms. The molecule has 0 aromatic carbocycles. The first-order valence-electron chi connectivity index (χ1n) is 9.87. The molecule has 0 aliphatic carbocycles. The molecule has 6 atom stereocenters. The Morgan fingerprint density at radius 2 is 2.03 bits per heavy atom. The molecule has 1 aliphatic rings. The number of carboxylic acids is 1. The van der Waals surface area contributed by atoms with Crippen molar-refractivity contribution >= 4 is 59.9 Å². The number of nitrogens with two attached hydrogens (primary N) is 2. The van der Waals surface area contributed by atoms with Crippen LogP contribution in [0.15, 0.2) is 12.7 Å². The van der Waals surface area contributed by atoms with Crippen LogP contribution in [0.3, 0.4) is 0 Å². The summed E-state index contributed by atoms with van der Waals surface area (Å²) in [6.07, 6.45) is 1.31. The standard InChI is InChI=1S/C15H22N6O5S.C2H5BrO3S/c1-27(3-2-7(16)15(24)25)4-8-10(22)11(23)14(26-8)21-6-20-9-12(17)18-5-19-13(9)21;3-1-2-7(4,5)6/h5-8,10-11,14,22-23H,2-4,16H2,1H3,(H2-,17,18,19,24,25);1-2H2,(H,4,5,6)/t7-,8+,10+,11+,14+,27?;/m0./s1. The summed E-state index contributed by atoms with van der Waals surface area (Å²) in [5.74, 6) is -0.0720. The average molecular weight is 587 g/mol. The third-order valence-electron chi connectivity index (χ3n) is 4.87. The Morgan fingerprint density at radius 1 is 1.35 bits per heavy atom. The third kappa shape index (κ3) is 7.70. The second kappa shape index (κ2) is 12.4. The maximum atomic E-state index is 10.8. The highest BCUT2D eigenvalue weighted by Crippen LogP contribution is 2.32. The summed E-state index contributed by atoms with van der Waals surface area (Å²) in [6, 6.07) is -0.907. The molecular formula is C17H27BrN6O8S2. The van der Waals surface area contributed by atoms with Crippen molar-refractivity contribution in [1.82, 2.24) is 19.5 Å². The number of carboxylic acid groups (broad SMARTS) is 1. The van der Waals surface area contributed by atoms with Gasteiger partial charge >= 0.3 is 5.97 Å². The zero-order valence-corrected chi connectivity index (χ0v) is 21.3. The van der Waals surface area contributed by atoms with Gasteiger partial charge in [0.2, 0.25) is 0 Å². The fourth-order valence-corrected chi connectivity index (χ4v) is 6.10. The van der Waals surface area contributed by atoms with Crippen molar-refractivity contribution in [2.24, 2.45) is 5.73 Å². The van der Waals surface area contributed by atoms with Crippen molar-refractivity contribution in [3.05, 3.63) is 12.7 Å². The van der Waals surface area contributed by atoms with E-state index in [0.717, 1.165) is 0 Å². The zero-order valence-electron chi connectivity index (χ0n) is 18.1. The highest BCUT2D eigenvalue weighted by molar-refractivity contribution is 9.09. The van der Waals surface area contributed by atoms with Crippen molar-refractivity contribution in [2.75, 3.05) is 34.6 Å². The molecule has 2 aromatic heterocycles. The van der Waals surface area contributed by atoms with Crippen LogP contribution >= 0.6 is 15.9 Å². The largest absolute Gasteiger partial charge is 0.748 e. The van der Waals surface area contributed by atoms with Gasteiger partial charge in [0, 0.05) is 17.5 Å². The number of nitrogens with zero attached hydrogens (tertiary/aromatic N) is 4. The van der Waals surface area contributed by atoms with Gasteiger partial charge in [0.1, 0.15) is 47.7 Å². The van der Waals surface area contributed by atoms with E-state index < -0.39 is 46.7 Å². The van der Waals surface area contributed by atoms with Gasteiger partial charge in [-0.1, -0.05) is 15.9 Å². The lowest BCUT2D eigenvalue weighted by Crippen LogP contribution is -2.37. The molecule has 3 rings (SSSR count). The first-order valence-corrected chi connectivity index (χ1v) is 14.5. The van der Waals surface area contributed by atoms with Crippen LogP contribution in [-0.2, 0) is 30.5 Å². The number of anilines is 1. The summed E-state index contributed by atoms with van der Waals surface area (Å²) < 4.78 is 36.3. The molecule has 3 heterocycles. The van der Waals surface area contributed by atoms with Crippen LogP contribution in [0.5, 0.6) is 0 Å². The molecule has 1 aliphatic heterocycles. The van der Waals surface area contributed by atoms with Gasteiger partial charge in [0.05, 0.1) is 22.7 Å². The fourth-order valence-electron chi connectivity index (χ4n) is 3.06. The molecule has 0 amide bonds. The maximum Gasteiger partial charge on any atom is 0.320 e. The molecule has 2 aromatic rings. The molecule has 0 bridgehead atoms. The van der Waals surface area contributed by atoms with Crippen molar-refractivity contribution in [3.8, 4) is 0 Å². The summed E-state index contributed by atoms with van der Waals surface area (Å²) in [5, 5.41) is 29.9. The summed E-state index contributed by atoms with van der Waals surface area (Å²) >= 11 is 2.81. The average Bonchev–Trinajstić information content (AvgIpc) is 3.29. The lowest BCUT2D eigenvalue weighted by Gasteiger charge is -2.16. The topological polar surface area (TPSA) is 240 Å². The van der Waals surface area contributed by atoms with Gasteiger partial charge in [0.15, 0.2) is 17.7 Å². The van der Waals surface area contributed by atoms with Gasteiger partial charge in [-0.15, -0.1) is 0 Å². The number of aliphatic hydroxyl groups excluding tert-OH is 2. The quantitative estimate of drug-likeness (QED) is 0.121. The Bertz CT molecular complexity index is 1070. The number of rotatable bonds is 9. The number of aromatic nitrogens is 4. The number of aliphatic hydroxyl groups is 2. The summed E-state index contributed by atoms with van der Waals surface area (Å²) in [5.41, 5.74) is 12.1. The maximum absolute atomic E-state index is 10.8. The van der Waals surface area contributed by atoms with Crippen molar-refractivity contribution in [1.29, 1.82) is 0 Å². The highest BCUT2D eigenvalue weighted by atomic mass is 79.9. The monoisotopic (exact) mass is 586 g/mol. The minimum atomic E-state index is -3.97. The minimum absolute atomic E-state index is 0.216. The SMILES string of the molecule is C[S+](CC[C@H](N)C(=O)O)C[C@H]1O[C@@H](n2cnc3c(N)ncnc32)[C@H](O)[C@@H]1O.O=S(=O)([O-])CCBr. The number of ether oxygens (including phenoxy) is 1. The van der Waals surface area contributed by atoms with Crippen LogP contribution in [0.2, 0.25) is 0 Å². The van der Waals surface area contributed by atoms with Gasteiger partial charge < -0.3 is 36.1 Å². The number of carbonyl (C=O) groups is 1. The fraction of sp³-hybridized carbons (Fsp3) is 0.647. The number of aliphatic carboxylic acids is 1. The van der Waals surface area contributed by atoms with E-state index in [-0.39, 0.29) is 27.8 Å². The first kappa shape index (κ1) is 28.6. The molecule has 1 saturated heterocycles. The van der Waals surface area contributed by atoms with E-state index in [2.05, 4.69) is 30.9 Å². The lowest BCUT2D eigenvalue weighted by molar-refractivity contribution is -0.138. The molecule has 14 nitrogen and oxygen atoms in total. The van der Waals surface area contributed by atoms with Crippen LogP contribution in [0, 0.1) is 0 Å². The van der Waals surface area contributed by atoms with E-state index in [1.54, 1.807) is 0 Å². The molecule has 0 radical (unpaired) electrons. The first-order chi connectivity index (χ1) is 15.9.